The number of hydrogen-bond acceptors (Lipinski definition) is 14. The Morgan fingerprint density at radius 3 is 2.50 bits per heavy atom. The number of cyclic esters (lactones) is 1. The average Bonchev–Trinajstić information content (AvgIpc) is 3.85. The molecule has 4 aliphatic heterocycles. The van der Waals surface area contributed by atoms with E-state index in [1.54, 1.807) is 12.1 Å². The first-order valence-electron chi connectivity index (χ1n) is 16.2. The van der Waals surface area contributed by atoms with Gasteiger partial charge in [-0.3, -0.25) is 4.79 Å². The molecule has 3 N–H and O–H groups in total. The van der Waals surface area contributed by atoms with Crippen molar-refractivity contribution in [3.8, 4) is 28.7 Å². The van der Waals surface area contributed by atoms with Crippen LogP contribution in [-0.4, -0.2) is 86.1 Å². The van der Waals surface area contributed by atoms with E-state index < -0.39 is 79.6 Å². The van der Waals surface area contributed by atoms with Gasteiger partial charge in [-0.1, -0.05) is 6.07 Å². The number of ether oxygens (including phenoxy) is 9. The van der Waals surface area contributed by atoms with Crippen molar-refractivity contribution in [1.29, 1.82) is 0 Å². The van der Waals surface area contributed by atoms with Crippen molar-refractivity contribution in [3.05, 3.63) is 63.3 Å². The van der Waals surface area contributed by atoms with Gasteiger partial charge in [0.25, 0.3) is 0 Å². The number of carbonyl (C=O) groups is 1. The van der Waals surface area contributed by atoms with E-state index in [1.807, 2.05) is 17.5 Å². The zero-order valence-corrected chi connectivity index (χ0v) is 25.1. The first-order chi connectivity index (χ1) is 23.5. The smallest absolute Gasteiger partial charge is 0.310 e. The zero-order valence-electron chi connectivity index (χ0n) is 27.3. The van der Waals surface area contributed by atoms with Crippen LogP contribution in [0.1, 0.15) is 44.0 Å². The molecule has 8 rings (SSSR count). The SMILES string of the molecule is [2H]C([2H])([2H])Oc1cc([C@H]2c3cc4c(cc3C(OC3OC5COC(c6cccs6)OC5C(O)C3O)C3COC(=O)[C@H]32)OCO4)cc(OC)c1O. The Balaban J connectivity index is 1.16. The molecule has 2 aromatic carbocycles. The molecule has 13 nitrogen and oxygen atoms in total. The molecule has 3 fully saturated rings. The number of aliphatic hydroxyl groups is 2. The molecule has 3 saturated heterocycles. The topological polar surface area (TPSA) is 161 Å². The standard InChI is InChI=1S/C32H32O13S/c1-37-19-6-13(7-20(38-2)25(19)33)23-14-8-17-18(42-12-41-17)9-15(14)28(16-10-39-30(36)24(16)23)44-32-27(35)26(34)29-21(43-32)11-40-31(45-29)22-4-3-5-46-22/h3-9,16,21,23-24,26-29,31-35H,10-12H2,1-2H3/t16?,21?,23-,24+,26?,27?,28?,29?,31?,32?/m0/s1/i1D3. The lowest BCUT2D eigenvalue weighted by atomic mass is 9.66. The molecule has 3 aromatic rings. The quantitative estimate of drug-likeness (QED) is 0.332. The van der Waals surface area contributed by atoms with Crippen molar-refractivity contribution in [2.24, 2.45) is 11.8 Å². The van der Waals surface area contributed by atoms with Crippen LogP contribution in [0, 0.1) is 11.8 Å². The van der Waals surface area contributed by atoms with Crippen LogP contribution in [0.4, 0.5) is 0 Å². The lowest BCUT2D eigenvalue weighted by Gasteiger charge is -2.48. The van der Waals surface area contributed by atoms with Gasteiger partial charge < -0.3 is 58.0 Å². The first kappa shape index (κ1) is 26.4. The molecular formula is C32H32O13S. The minimum Gasteiger partial charge on any atom is -0.502 e. The van der Waals surface area contributed by atoms with Crippen LogP contribution in [0.3, 0.4) is 0 Å². The molecule has 5 aliphatic rings. The average molecular weight is 660 g/mol. The predicted molar refractivity (Wildman–Crippen MR) is 156 cm³/mol. The number of fused-ring (bicyclic) bond motifs is 4. The highest BCUT2D eigenvalue weighted by Gasteiger charge is 2.56. The number of carbonyl (C=O) groups excluding carboxylic acids is 1. The van der Waals surface area contributed by atoms with E-state index in [-0.39, 0.29) is 31.5 Å². The number of phenolic OH excluding ortho intramolecular Hbond substituents is 1. The molecule has 0 bridgehead atoms. The van der Waals surface area contributed by atoms with Crippen LogP contribution < -0.4 is 18.9 Å². The monoisotopic (exact) mass is 659 g/mol. The minimum absolute atomic E-state index is 0.0426. The Morgan fingerprint density at radius 2 is 1.76 bits per heavy atom. The zero-order chi connectivity index (χ0) is 34.2. The van der Waals surface area contributed by atoms with Gasteiger partial charge >= 0.3 is 5.97 Å². The Kier molecular flexibility index (Phi) is 6.64. The van der Waals surface area contributed by atoms with Crippen LogP contribution >= 0.6 is 11.3 Å². The second kappa shape index (κ2) is 11.6. The molecule has 0 radical (unpaired) electrons. The third-order valence-electron chi connectivity index (χ3n) is 9.26. The third-order valence-corrected chi connectivity index (χ3v) is 10.2. The van der Waals surface area contributed by atoms with Gasteiger partial charge in [0.05, 0.1) is 48.4 Å². The van der Waals surface area contributed by atoms with Gasteiger partial charge in [-0.15, -0.1) is 11.3 Å². The summed E-state index contributed by atoms with van der Waals surface area (Å²) in [5.41, 5.74) is 1.50. The Hall–Kier alpha value is -3.63. The van der Waals surface area contributed by atoms with Crippen LogP contribution in [0.15, 0.2) is 41.8 Å². The molecule has 10 atom stereocenters. The fourth-order valence-corrected chi connectivity index (χ4v) is 7.81. The van der Waals surface area contributed by atoms with Crippen LogP contribution in [-0.2, 0) is 28.5 Å². The fraction of sp³-hybridized carbons (Fsp3) is 0.469. The summed E-state index contributed by atoms with van der Waals surface area (Å²) in [4.78, 5) is 14.4. The molecule has 1 aromatic heterocycles. The Labute approximate surface area is 271 Å². The van der Waals surface area contributed by atoms with Crippen LogP contribution in [0.5, 0.6) is 28.7 Å². The summed E-state index contributed by atoms with van der Waals surface area (Å²) in [5, 5.41) is 35.1. The molecule has 5 heterocycles. The van der Waals surface area contributed by atoms with E-state index in [4.69, 9.17) is 46.7 Å². The molecule has 0 spiro atoms. The third kappa shape index (κ3) is 4.70. The normalized spacial score (nSPS) is 35.5. The molecule has 14 heteroatoms. The van der Waals surface area contributed by atoms with Gasteiger partial charge in [0.1, 0.15) is 24.4 Å². The molecule has 8 unspecified atom stereocenters. The second-order valence-corrected chi connectivity index (χ2v) is 12.6. The molecular weight excluding hydrogens is 624 g/mol. The van der Waals surface area contributed by atoms with Gasteiger partial charge in [0.2, 0.25) is 12.5 Å². The maximum Gasteiger partial charge on any atom is 0.310 e. The van der Waals surface area contributed by atoms with Crippen molar-refractivity contribution in [2.45, 2.75) is 49.0 Å². The van der Waals surface area contributed by atoms with E-state index in [0.717, 1.165) is 4.88 Å². The molecule has 1 aliphatic carbocycles. The minimum atomic E-state index is -2.89. The van der Waals surface area contributed by atoms with Gasteiger partial charge in [-0.2, -0.15) is 0 Å². The predicted octanol–water partition coefficient (Wildman–Crippen LogP) is 2.75. The maximum absolute atomic E-state index is 13.6. The van der Waals surface area contributed by atoms with Crippen molar-refractivity contribution in [1.82, 2.24) is 0 Å². The summed E-state index contributed by atoms with van der Waals surface area (Å²) in [5.74, 6) is -2.99. The highest BCUT2D eigenvalue weighted by Crippen LogP contribution is 2.57. The van der Waals surface area contributed by atoms with E-state index in [9.17, 15) is 20.1 Å². The van der Waals surface area contributed by atoms with Gasteiger partial charge in [0, 0.05) is 11.8 Å². The van der Waals surface area contributed by atoms with Gasteiger partial charge in [0.15, 0.2) is 35.6 Å². The summed E-state index contributed by atoms with van der Waals surface area (Å²) in [6, 6.07) is 9.99. The fourth-order valence-electron chi connectivity index (χ4n) is 7.11. The van der Waals surface area contributed by atoms with Crippen LogP contribution in [0.2, 0.25) is 0 Å². The van der Waals surface area contributed by atoms with E-state index in [0.29, 0.717) is 28.2 Å². The molecule has 46 heavy (non-hydrogen) atoms. The van der Waals surface area contributed by atoms with Crippen molar-refractivity contribution in [2.75, 3.05) is 34.2 Å². The lowest BCUT2D eigenvalue weighted by Crippen LogP contribution is -2.62. The number of rotatable bonds is 6. The van der Waals surface area contributed by atoms with Crippen LogP contribution in [0.25, 0.3) is 0 Å². The second-order valence-electron chi connectivity index (χ2n) is 11.7. The number of aromatic hydroxyl groups is 1. The number of hydrogen-bond donors (Lipinski definition) is 3. The highest BCUT2D eigenvalue weighted by atomic mass is 32.1. The van der Waals surface area contributed by atoms with E-state index >= 15 is 0 Å². The van der Waals surface area contributed by atoms with Gasteiger partial charge in [-0.05, 0) is 52.4 Å². The number of esters is 1. The number of aliphatic hydroxyl groups excluding tert-OH is 2. The van der Waals surface area contributed by atoms with E-state index in [2.05, 4.69) is 0 Å². The summed E-state index contributed by atoms with van der Waals surface area (Å²) < 4.78 is 74.8. The lowest BCUT2D eigenvalue weighted by molar-refractivity contribution is -0.368. The number of thiophene rings is 1. The number of methoxy groups -OCH3 is 2. The first-order valence-corrected chi connectivity index (χ1v) is 15.6. The number of benzene rings is 2. The molecule has 244 valence electrons. The summed E-state index contributed by atoms with van der Waals surface area (Å²) in [7, 11) is -1.59. The molecule has 0 amide bonds. The van der Waals surface area contributed by atoms with Crippen molar-refractivity contribution >= 4 is 17.3 Å². The summed E-state index contributed by atoms with van der Waals surface area (Å²) >= 11 is 1.44. The highest BCUT2D eigenvalue weighted by molar-refractivity contribution is 7.10. The van der Waals surface area contributed by atoms with E-state index in [1.165, 1.54) is 30.6 Å². The van der Waals surface area contributed by atoms with Crippen molar-refractivity contribution in [3.63, 3.8) is 0 Å². The molecule has 0 saturated carbocycles. The van der Waals surface area contributed by atoms with Gasteiger partial charge in [-0.25, -0.2) is 0 Å². The largest absolute Gasteiger partial charge is 0.502 e. The Morgan fingerprint density at radius 1 is 0.978 bits per heavy atom. The Bertz CT molecular complexity index is 1730. The summed E-state index contributed by atoms with van der Waals surface area (Å²) in [6.45, 7) is -0.0342. The van der Waals surface area contributed by atoms with Crippen molar-refractivity contribution < 1.29 is 66.9 Å². The maximum atomic E-state index is 13.6. The number of phenols is 1. The summed E-state index contributed by atoms with van der Waals surface area (Å²) in [6.07, 6.45) is -7.58.